The number of phenols is 2. The van der Waals surface area contributed by atoms with Crippen LogP contribution in [0.4, 0.5) is 5.69 Å². The van der Waals surface area contributed by atoms with Gasteiger partial charge in [-0.3, -0.25) is 86.8 Å². The number of anilines is 1. The van der Waals surface area contributed by atoms with Crippen molar-refractivity contribution < 1.29 is 28.5 Å². The van der Waals surface area contributed by atoms with Gasteiger partial charge in [0.25, 0.3) is 0 Å². The molecule has 0 amide bonds. The molecular weight excluding hydrogens is 1430 g/mol. The summed E-state index contributed by atoms with van der Waals surface area (Å²) in [6, 6.07) is 35.3. The molecule has 26 N–H and O–H groups in total. The van der Waals surface area contributed by atoms with E-state index >= 15 is 0 Å². The van der Waals surface area contributed by atoms with E-state index in [2.05, 4.69) is 143 Å². The number of hydrogen-bond donors (Lipinski definition) is 20. The van der Waals surface area contributed by atoms with Gasteiger partial charge >= 0.3 is 0 Å². The van der Waals surface area contributed by atoms with E-state index in [9.17, 15) is 10.2 Å². The van der Waals surface area contributed by atoms with Gasteiger partial charge in [-0.2, -0.15) is 0 Å². The van der Waals surface area contributed by atoms with Crippen molar-refractivity contribution in [3.63, 3.8) is 0 Å². The average Bonchev–Trinajstić information content (AvgIpc) is 1.74. The predicted octanol–water partition coefficient (Wildman–Crippen LogP) is 2.15. The Balaban J connectivity index is 0.000000166. The first-order valence-corrected chi connectivity index (χ1v) is 36.5. The van der Waals surface area contributed by atoms with E-state index in [0.717, 1.165) is 71.9 Å². The predicted molar refractivity (Wildman–Crippen MR) is 439 cm³/mol. The summed E-state index contributed by atoms with van der Waals surface area (Å²) in [4.78, 5) is 51.4. The van der Waals surface area contributed by atoms with Crippen molar-refractivity contribution in [1.82, 2.24) is 58.5 Å². The van der Waals surface area contributed by atoms with Crippen LogP contribution >= 0.6 is 11.6 Å². The topological polar surface area (TPSA) is 534 Å². The van der Waals surface area contributed by atoms with Crippen molar-refractivity contribution in [2.24, 2.45) is 94.3 Å². The van der Waals surface area contributed by atoms with Gasteiger partial charge in [-0.25, -0.2) is 4.99 Å². The van der Waals surface area contributed by atoms with Crippen molar-refractivity contribution in [1.29, 1.82) is 0 Å². The maximum Gasteiger partial charge on any atom is 0.231 e. The highest BCUT2D eigenvalue weighted by Gasteiger charge is 2.18. The second kappa shape index (κ2) is 44.5. The van der Waals surface area contributed by atoms with Crippen LogP contribution < -0.4 is 108 Å². The number of benzene rings is 4. The smallest absolute Gasteiger partial charge is 0.231 e. The summed E-state index contributed by atoms with van der Waals surface area (Å²) < 4.78 is 20.9. The van der Waals surface area contributed by atoms with E-state index in [4.69, 9.17) is 64.3 Å². The maximum absolute atomic E-state index is 9.41. The fraction of sp³-hybridized carbons (Fsp3) is 0.397. The van der Waals surface area contributed by atoms with E-state index in [1.165, 1.54) is 17.7 Å². The number of phenolic OH excluding ortho intramolecular Hbond substituents is 2. The molecule has 6 unspecified atom stereocenters. The number of nitrogens with one attached hydrogen (secondary N) is 12. The minimum atomic E-state index is -0.120. The SMILES string of the molecule is CC1CN=C(N)NC(=NCCc2ccc(O)c(O)c2)N1.CC1CN=C(N)NC(=NCCc2ccc3c(c2)OCO3)N1.CC1CN=C(N)NC(=NCCc2ccccc2)N1.CC1CN=C(N)NC(=NCCc2ccco2)N1.CC1CN=C(N)NC(=NCCc2ccoc2)N1.CC1CN=C(N)NC(Nc2ccc(Cl)cc2)=N1. The number of furan rings is 2. The molecule has 0 bridgehead atoms. The summed E-state index contributed by atoms with van der Waals surface area (Å²) in [5.41, 5.74) is 39.4. The number of nitrogens with zero attached hydrogens (tertiary/aromatic N) is 12. The molecule has 0 saturated heterocycles. The van der Waals surface area contributed by atoms with Crippen LogP contribution in [0.25, 0.3) is 0 Å². The Morgan fingerprint density at radius 1 is 0.427 bits per heavy atom. The fourth-order valence-corrected chi connectivity index (χ4v) is 10.3. The van der Waals surface area contributed by atoms with Gasteiger partial charge in [-0.15, -0.1) is 0 Å². The van der Waals surface area contributed by atoms with E-state index in [0.29, 0.717) is 155 Å². The molecule has 4 aromatic carbocycles. The maximum atomic E-state index is 9.41. The van der Waals surface area contributed by atoms with Crippen LogP contribution in [-0.4, -0.2) is 197 Å². The third-order valence-corrected chi connectivity index (χ3v) is 16.1. The Labute approximate surface area is 645 Å². The number of halogens is 1. The molecular formula is C73H105ClN30O6. The summed E-state index contributed by atoms with van der Waals surface area (Å²) in [5.74, 6) is 8.55. The summed E-state index contributed by atoms with van der Waals surface area (Å²) >= 11 is 5.81. The molecule has 37 heteroatoms. The Morgan fingerprint density at radius 3 is 1.31 bits per heavy atom. The molecule has 110 heavy (non-hydrogen) atoms. The molecule has 7 aliphatic rings. The first kappa shape index (κ1) is 83.0. The van der Waals surface area contributed by atoms with Gasteiger partial charge in [0.1, 0.15) is 5.76 Å². The van der Waals surface area contributed by atoms with Crippen LogP contribution in [0.3, 0.4) is 0 Å². The Kier molecular flexibility index (Phi) is 33.6. The monoisotopic (exact) mass is 1530 g/mol. The minimum absolute atomic E-state index is 0.0957. The van der Waals surface area contributed by atoms with E-state index in [1.54, 1.807) is 24.9 Å². The van der Waals surface area contributed by atoms with Gasteiger partial charge in [-0.1, -0.05) is 54.1 Å². The van der Waals surface area contributed by atoms with Crippen molar-refractivity contribution in [3.8, 4) is 23.0 Å². The summed E-state index contributed by atoms with van der Waals surface area (Å²) in [6.07, 6.45) is 9.04. The van der Waals surface area contributed by atoms with Crippen molar-refractivity contribution in [2.45, 2.75) is 110 Å². The highest BCUT2D eigenvalue weighted by Crippen LogP contribution is 2.32. The minimum Gasteiger partial charge on any atom is -0.504 e. The number of ether oxygens (including phenoxy) is 2. The van der Waals surface area contributed by atoms with Crippen LogP contribution in [0.1, 0.15) is 69.6 Å². The first-order valence-electron chi connectivity index (χ1n) is 36.1. The largest absolute Gasteiger partial charge is 0.504 e. The first-order chi connectivity index (χ1) is 53.1. The number of aromatic hydroxyl groups is 2. The molecule has 590 valence electrons. The van der Waals surface area contributed by atoms with Gasteiger partial charge in [0.2, 0.25) is 12.8 Å². The Hall–Kier alpha value is -12.6. The molecule has 0 saturated carbocycles. The number of rotatable bonds is 16. The average molecular weight is 1530 g/mol. The molecule has 13 rings (SSSR count). The molecule has 0 aliphatic carbocycles. The lowest BCUT2D eigenvalue weighted by atomic mass is 10.1. The van der Waals surface area contributed by atoms with Gasteiger partial charge in [0.15, 0.2) is 88.6 Å². The molecule has 6 aromatic rings. The number of hydrogen-bond acceptors (Lipinski definition) is 26. The molecule has 0 spiro atoms. The van der Waals surface area contributed by atoms with Crippen LogP contribution in [0.2, 0.25) is 5.02 Å². The van der Waals surface area contributed by atoms with Gasteiger partial charge < -0.3 is 94.8 Å². The lowest BCUT2D eigenvalue weighted by Gasteiger charge is -2.11. The molecule has 0 fully saturated rings. The van der Waals surface area contributed by atoms with Crippen molar-refractivity contribution in [3.05, 3.63) is 161 Å². The Morgan fingerprint density at radius 2 is 0.855 bits per heavy atom. The summed E-state index contributed by atoms with van der Waals surface area (Å²) in [7, 11) is 0. The molecule has 6 atom stereocenters. The van der Waals surface area contributed by atoms with E-state index in [1.807, 2.05) is 113 Å². The standard InChI is InChI=1S/C14H19N5O2.C13H19N5O2.C13H19N5.C11H14ClN5.2C11H17N5O/c1-9-7-17-13(15)19-14(18-9)16-5-4-10-2-3-11-12(6-10)21-8-20-11;1-8-7-16-12(14)18-13(17-8)15-5-4-9-2-3-10(19)11(20)6-9;1-10-9-16-12(14)18-13(17-10)15-8-7-11-5-3-2-4-6-11;1-7-6-14-10(13)17-11(15-7)16-9-4-2-8(12)3-5-9;1-8-6-14-10(12)16-11(15-8)13-4-2-9-3-5-17-7-9;1-8-7-14-10(12)16-11(15-8)13-5-4-9-3-2-6-17-9/h2-3,6,9H,4-5,7-8H2,1H3,(H4,15,16,17,18,19);2-3,6,8,19-20H,4-5,7H2,1H3,(H4,14,15,16,17,18);2-6,10H,7-9H2,1H3,(H4,14,15,16,17,18);2-5,7H,6H2,1H3,(H4,13,14,15,16,17);3,5,7-8H,2,4,6H2,1H3,(H4,12,13,14,15,16);2-3,6,8H,4-5,7H2,1H3,(H4,12,13,14,15,16). The third-order valence-electron chi connectivity index (χ3n) is 15.8. The zero-order valence-electron chi connectivity index (χ0n) is 62.8. The number of aliphatic imine (C=N–C) groups is 12. The summed E-state index contributed by atoms with van der Waals surface area (Å²) in [5, 5.41) is 56.1. The lowest BCUT2D eigenvalue weighted by Crippen LogP contribution is -2.45. The lowest BCUT2D eigenvalue weighted by molar-refractivity contribution is 0.174. The molecule has 9 heterocycles. The van der Waals surface area contributed by atoms with Crippen LogP contribution in [0, 0.1) is 0 Å². The zero-order chi connectivity index (χ0) is 78.4. The van der Waals surface area contributed by atoms with Crippen LogP contribution in [0.5, 0.6) is 23.0 Å². The molecule has 36 nitrogen and oxygen atoms in total. The van der Waals surface area contributed by atoms with Crippen LogP contribution in [0.15, 0.2) is 197 Å². The van der Waals surface area contributed by atoms with Crippen LogP contribution in [-0.2, 0) is 32.1 Å². The number of nitrogens with two attached hydrogens (primary N) is 6. The Bertz CT molecular complexity index is 4140. The van der Waals surface area contributed by atoms with Gasteiger partial charge in [0, 0.05) is 80.1 Å². The van der Waals surface area contributed by atoms with Gasteiger partial charge in [-0.05, 0) is 156 Å². The van der Waals surface area contributed by atoms with Crippen molar-refractivity contribution in [2.75, 3.05) is 84.1 Å². The number of fused-ring (bicyclic) bond motifs is 1. The zero-order valence-corrected chi connectivity index (χ0v) is 63.6. The normalized spacial score (nSPS) is 21.6. The number of guanidine groups is 12. The van der Waals surface area contributed by atoms with E-state index < -0.39 is 0 Å². The third kappa shape index (κ3) is 31.8. The molecule has 2 aromatic heterocycles. The second-order valence-corrected chi connectivity index (χ2v) is 26.3. The van der Waals surface area contributed by atoms with E-state index in [-0.39, 0.29) is 47.8 Å². The highest BCUT2D eigenvalue weighted by atomic mass is 35.5. The second-order valence-electron chi connectivity index (χ2n) is 25.9. The van der Waals surface area contributed by atoms with Gasteiger partial charge in [0.05, 0.1) is 64.1 Å². The summed E-state index contributed by atoms with van der Waals surface area (Å²) in [6.45, 7) is 19.4. The molecule has 0 radical (unpaired) electrons. The molecule has 7 aliphatic heterocycles. The van der Waals surface area contributed by atoms with Crippen molar-refractivity contribution >= 4 is 88.8 Å². The highest BCUT2D eigenvalue weighted by molar-refractivity contribution is 6.30. The fourth-order valence-electron chi connectivity index (χ4n) is 10.2. The quantitative estimate of drug-likeness (QED) is 0.0617.